The zero-order chi connectivity index (χ0) is 14.1. The van der Waals surface area contributed by atoms with Gasteiger partial charge in [0.15, 0.2) is 0 Å². The van der Waals surface area contributed by atoms with Gasteiger partial charge in [0.2, 0.25) is 11.8 Å². The Morgan fingerprint density at radius 2 is 2.35 bits per heavy atom. The Morgan fingerprint density at radius 3 is 3.00 bits per heavy atom. The van der Waals surface area contributed by atoms with Crippen molar-refractivity contribution < 1.29 is 19.4 Å². The van der Waals surface area contributed by atoms with Gasteiger partial charge < -0.3 is 25.4 Å². The Balaban J connectivity index is 0.00000361. The molecule has 1 saturated heterocycles. The summed E-state index contributed by atoms with van der Waals surface area (Å²) in [6.45, 7) is 5.05. The van der Waals surface area contributed by atoms with Crippen molar-refractivity contribution in [3.05, 3.63) is 0 Å². The van der Waals surface area contributed by atoms with E-state index >= 15 is 0 Å². The lowest BCUT2D eigenvalue weighted by Gasteiger charge is -2.32. The Morgan fingerprint density at radius 1 is 1.60 bits per heavy atom. The number of carbonyl (C=O) groups is 2. The molecule has 0 aliphatic carbocycles. The van der Waals surface area contributed by atoms with Crippen LogP contribution in [0.25, 0.3) is 0 Å². The number of nitrogens with zero attached hydrogens (tertiary/aromatic N) is 1. The Bertz CT molecular complexity index is 304. The lowest BCUT2D eigenvalue weighted by Crippen LogP contribution is -2.56. The molecule has 0 aromatic rings. The second-order valence-corrected chi connectivity index (χ2v) is 4.31. The molecule has 1 aliphatic rings. The van der Waals surface area contributed by atoms with E-state index in [9.17, 15) is 9.59 Å². The number of amides is 2. The van der Waals surface area contributed by atoms with Gasteiger partial charge in [-0.1, -0.05) is 0 Å². The number of nitrogens with one attached hydrogen (secondary N) is 2. The van der Waals surface area contributed by atoms with Gasteiger partial charge in [0.25, 0.3) is 0 Å². The molecule has 1 unspecified atom stereocenters. The highest BCUT2D eigenvalue weighted by Gasteiger charge is 2.29. The van der Waals surface area contributed by atoms with Gasteiger partial charge in [0.1, 0.15) is 0 Å². The smallest absolute Gasteiger partial charge is 0.240 e. The molecule has 1 aliphatic heterocycles. The summed E-state index contributed by atoms with van der Waals surface area (Å²) in [5.41, 5.74) is 0. The summed E-state index contributed by atoms with van der Waals surface area (Å²) < 4.78 is 5.23. The van der Waals surface area contributed by atoms with Gasteiger partial charge in [0, 0.05) is 32.8 Å². The van der Waals surface area contributed by atoms with Crippen LogP contribution in [0.1, 0.15) is 13.3 Å². The van der Waals surface area contributed by atoms with Gasteiger partial charge in [-0.25, -0.2) is 0 Å². The summed E-state index contributed by atoms with van der Waals surface area (Å²) in [7, 11) is 0. The molecule has 1 atom stereocenters. The first-order valence-corrected chi connectivity index (χ1v) is 6.66. The maximum atomic E-state index is 12.1. The summed E-state index contributed by atoms with van der Waals surface area (Å²) >= 11 is 0. The standard InChI is InChI=1S/C12H23N3O4.ClH/c1-2-19-8-6-15-5-3-13-10(12(15)18)9-11(17)14-4-7-16;/h10,13,16H,2-9H2,1H3,(H,14,17);1H. The monoisotopic (exact) mass is 309 g/mol. The molecular weight excluding hydrogens is 286 g/mol. The van der Waals surface area contributed by atoms with Crippen LogP contribution in [0.5, 0.6) is 0 Å². The largest absolute Gasteiger partial charge is 0.395 e. The number of ether oxygens (including phenoxy) is 1. The van der Waals surface area contributed by atoms with Crippen LogP contribution in [0.3, 0.4) is 0 Å². The number of piperazine rings is 1. The summed E-state index contributed by atoms with van der Waals surface area (Å²) in [5, 5.41) is 14.2. The first-order chi connectivity index (χ1) is 9.19. The third kappa shape index (κ3) is 6.51. The van der Waals surface area contributed by atoms with E-state index in [-0.39, 0.29) is 43.8 Å². The quantitative estimate of drug-likeness (QED) is 0.487. The molecule has 0 saturated carbocycles. The minimum absolute atomic E-state index is 0. The van der Waals surface area contributed by atoms with Crippen molar-refractivity contribution in [2.24, 2.45) is 0 Å². The highest BCUT2D eigenvalue weighted by molar-refractivity contribution is 5.88. The maximum Gasteiger partial charge on any atom is 0.240 e. The van der Waals surface area contributed by atoms with Gasteiger partial charge in [-0.2, -0.15) is 0 Å². The van der Waals surface area contributed by atoms with Crippen LogP contribution in [-0.4, -0.2) is 73.9 Å². The second kappa shape index (κ2) is 10.8. The van der Waals surface area contributed by atoms with Gasteiger partial charge >= 0.3 is 0 Å². The number of carbonyl (C=O) groups excluding carboxylic acids is 2. The molecule has 1 fully saturated rings. The molecule has 0 spiro atoms. The van der Waals surface area contributed by atoms with Crippen LogP contribution in [0.15, 0.2) is 0 Å². The fraction of sp³-hybridized carbons (Fsp3) is 0.833. The van der Waals surface area contributed by atoms with E-state index in [1.807, 2.05) is 6.92 Å². The highest BCUT2D eigenvalue weighted by Crippen LogP contribution is 2.05. The molecule has 1 rings (SSSR count). The van der Waals surface area contributed by atoms with Gasteiger partial charge in [-0.15, -0.1) is 12.4 Å². The number of aliphatic hydroxyl groups excluding tert-OH is 1. The molecule has 2 amide bonds. The van der Waals surface area contributed by atoms with E-state index in [2.05, 4.69) is 10.6 Å². The Hall–Kier alpha value is -0.890. The zero-order valence-corrected chi connectivity index (χ0v) is 12.6. The summed E-state index contributed by atoms with van der Waals surface area (Å²) in [6.07, 6.45) is 0.101. The van der Waals surface area contributed by atoms with Crippen molar-refractivity contribution in [2.75, 3.05) is 46.0 Å². The van der Waals surface area contributed by atoms with Crippen LogP contribution in [0, 0.1) is 0 Å². The number of halogens is 1. The summed E-state index contributed by atoms with van der Waals surface area (Å²) in [6, 6.07) is -0.478. The predicted molar refractivity (Wildman–Crippen MR) is 76.8 cm³/mol. The van der Waals surface area contributed by atoms with Crippen molar-refractivity contribution in [2.45, 2.75) is 19.4 Å². The maximum absolute atomic E-state index is 12.1. The Labute approximate surface area is 125 Å². The molecule has 8 heteroatoms. The number of hydrogen-bond acceptors (Lipinski definition) is 5. The predicted octanol–water partition coefficient (Wildman–Crippen LogP) is -1.26. The van der Waals surface area contributed by atoms with Crippen LogP contribution in [-0.2, 0) is 14.3 Å². The van der Waals surface area contributed by atoms with Crippen molar-refractivity contribution >= 4 is 24.2 Å². The fourth-order valence-electron chi connectivity index (χ4n) is 1.95. The van der Waals surface area contributed by atoms with E-state index < -0.39 is 6.04 Å². The molecule has 0 aromatic carbocycles. The third-order valence-corrected chi connectivity index (χ3v) is 2.92. The van der Waals surface area contributed by atoms with Crippen LogP contribution < -0.4 is 10.6 Å². The fourth-order valence-corrected chi connectivity index (χ4v) is 1.95. The van der Waals surface area contributed by atoms with Gasteiger partial charge in [-0.05, 0) is 6.92 Å². The second-order valence-electron chi connectivity index (χ2n) is 4.31. The van der Waals surface area contributed by atoms with Crippen molar-refractivity contribution in [3.8, 4) is 0 Å². The minimum atomic E-state index is -0.478. The minimum Gasteiger partial charge on any atom is -0.395 e. The SMILES string of the molecule is CCOCCN1CCNC(CC(=O)NCCO)C1=O.Cl. The first kappa shape index (κ1) is 19.1. The van der Waals surface area contributed by atoms with Crippen molar-refractivity contribution in [1.82, 2.24) is 15.5 Å². The molecular formula is C12H24ClN3O4. The van der Waals surface area contributed by atoms with Crippen molar-refractivity contribution in [3.63, 3.8) is 0 Å². The molecule has 0 aromatic heterocycles. The number of hydrogen-bond donors (Lipinski definition) is 3. The highest BCUT2D eigenvalue weighted by atomic mass is 35.5. The van der Waals surface area contributed by atoms with E-state index in [1.165, 1.54) is 0 Å². The molecule has 0 radical (unpaired) electrons. The molecule has 20 heavy (non-hydrogen) atoms. The first-order valence-electron chi connectivity index (χ1n) is 6.66. The Kier molecular flexibility index (Phi) is 10.4. The van der Waals surface area contributed by atoms with Gasteiger partial charge in [-0.3, -0.25) is 9.59 Å². The summed E-state index contributed by atoms with van der Waals surface area (Å²) in [5.74, 6) is -0.295. The van der Waals surface area contributed by atoms with E-state index in [4.69, 9.17) is 9.84 Å². The topological polar surface area (TPSA) is 90.9 Å². The normalized spacial score (nSPS) is 18.6. The molecule has 0 bridgehead atoms. The lowest BCUT2D eigenvalue weighted by atomic mass is 10.1. The zero-order valence-electron chi connectivity index (χ0n) is 11.8. The molecule has 7 nitrogen and oxygen atoms in total. The van der Waals surface area contributed by atoms with E-state index in [0.717, 1.165) is 0 Å². The van der Waals surface area contributed by atoms with Crippen molar-refractivity contribution in [1.29, 1.82) is 0 Å². The average Bonchev–Trinajstić information content (AvgIpc) is 2.41. The van der Waals surface area contributed by atoms with E-state index in [1.54, 1.807) is 4.90 Å². The third-order valence-electron chi connectivity index (χ3n) is 2.92. The summed E-state index contributed by atoms with van der Waals surface area (Å²) in [4.78, 5) is 25.4. The van der Waals surface area contributed by atoms with Crippen LogP contribution in [0.2, 0.25) is 0 Å². The molecule has 118 valence electrons. The number of aliphatic hydroxyl groups is 1. The van der Waals surface area contributed by atoms with Gasteiger partial charge in [0.05, 0.1) is 25.7 Å². The average molecular weight is 310 g/mol. The molecule has 3 N–H and O–H groups in total. The molecule has 1 heterocycles. The lowest BCUT2D eigenvalue weighted by molar-refractivity contribution is -0.138. The van der Waals surface area contributed by atoms with E-state index in [0.29, 0.717) is 32.8 Å². The van der Waals surface area contributed by atoms with Crippen LogP contribution in [0.4, 0.5) is 0 Å². The van der Waals surface area contributed by atoms with Crippen LogP contribution >= 0.6 is 12.4 Å². The number of rotatable bonds is 8.